The first-order valence-corrected chi connectivity index (χ1v) is 6.34. The molecule has 3 nitrogen and oxygen atoms in total. The minimum atomic E-state index is 0.294. The summed E-state index contributed by atoms with van der Waals surface area (Å²) < 4.78 is 2.04. The monoisotopic (exact) mass is 243 g/mol. The summed E-state index contributed by atoms with van der Waals surface area (Å²) in [6, 6.07) is 9.02. The van der Waals surface area contributed by atoms with Crippen molar-refractivity contribution in [1.82, 2.24) is 15.1 Å². The zero-order valence-corrected chi connectivity index (χ0v) is 11.6. The fraction of sp³-hybridized carbons (Fsp3) is 0.400. The third-order valence-electron chi connectivity index (χ3n) is 3.28. The van der Waals surface area contributed by atoms with Crippen LogP contribution in [0.2, 0.25) is 0 Å². The molecule has 0 spiro atoms. The van der Waals surface area contributed by atoms with Crippen molar-refractivity contribution in [2.75, 3.05) is 7.05 Å². The van der Waals surface area contributed by atoms with E-state index in [1.54, 1.807) is 0 Å². The van der Waals surface area contributed by atoms with Gasteiger partial charge in [-0.15, -0.1) is 0 Å². The van der Waals surface area contributed by atoms with Crippen LogP contribution in [0.5, 0.6) is 0 Å². The summed E-state index contributed by atoms with van der Waals surface area (Å²) >= 11 is 0. The number of likely N-dealkylation sites (N-methyl/N-ethyl adjacent to an activating group) is 1. The molecule has 0 bridgehead atoms. The summed E-state index contributed by atoms with van der Waals surface area (Å²) in [4.78, 5) is 0. The van der Waals surface area contributed by atoms with Crippen molar-refractivity contribution in [3.05, 3.63) is 52.8 Å². The minimum Gasteiger partial charge on any atom is -0.311 e. The van der Waals surface area contributed by atoms with Crippen LogP contribution in [0.15, 0.2) is 30.5 Å². The summed E-state index contributed by atoms with van der Waals surface area (Å²) in [5, 5.41) is 7.73. The Kier molecular flexibility index (Phi) is 3.82. The zero-order chi connectivity index (χ0) is 13.1. The molecule has 18 heavy (non-hydrogen) atoms. The van der Waals surface area contributed by atoms with Gasteiger partial charge in [-0.3, -0.25) is 4.68 Å². The van der Waals surface area contributed by atoms with Crippen molar-refractivity contribution in [3.8, 4) is 0 Å². The molecule has 0 aliphatic carbocycles. The van der Waals surface area contributed by atoms with Gasteiger partial charge in [0.1, 0.15) is 0 Å². The van der Waals surface area contributed by atoms with Crippen molar-refractivity contribution in [2.24, 2.45) is 0 Å². The summed E-state index contributed by atoms with van der Waals surface area (Å²) in [5.74, 6) is 0. The van der Waals surface area contributed by atoms with Gasteiger partial charge in [-0.25, -0.2) is 0 Å². The van der Waals surface area contributed by atoms with Crippen molar-refractivity contribution in [1.29, 1.82) is 0 Å². The molecule has 0 radical (unpaired) electrons. The lowest BCUT2D eigenvalue weighted by Gasteiger charge is -2.19. The van der Waals surface area contributed by atoms with Gasteiger partial charge in [0.15, 0.2) is 0 Å². The Morgan fingerprint density at radius 2 is 1.83 bits per heavy atom. The van der Waals surface area contributed by atoms with E-state index in [0.717, 1.165) is 6.54 Å². The van der Waals surface area contributed by atoms with Crippen LogP contribution in [0.4, 0.5) is 0 Å². The van der Waals surface area contributed by atoms with Crippen molar-refractivity contribution < 1.29 is 0 Å². The van der Waals surface area contributed by atoms with Crippen molar-refractivity contribution in [3.63, 3.8) is 0 Å². The lowest BCUT2D eigenvalue weighted by atomic mass is 10.0. The van der Waals surface area contributed by atoms with E-state index in [9.17, 15) is 0 Å². The first-order chi connectivity index (χ1) is 8.60. The molecule has 1 unspecified atom stereocenters. The maximum atomic E-state index is 4.35. The van der Waals surface area contributed by atoms with Gasteiger partial charge < -0.3 is 5.32 Å². The van der Waals surface area contributed by atoms with Crippen LogP contribution in [0, 0.1) is 20.8 Å². The number of nitrogens with one attached hydrogen (secondary N) is 1. The number of nitrogens with zero attached hydrogens (tertiary/aromatic N) is 2. The second-order valence-electron chi connectivity index (χ2n) is 4.92. The standard InChI is InChI=1S/C15H21N3/c1-11-7-12(2)9-14(8-11)15(16-4)10-18-13(3)5-6-17-18/h5-9,15-16H,10H2,1-4H3. The van der Waals surface area contributed by atoms with Gasteiger partial charge in [0.05, 0.1) is 12.6 Å². The number of aromatic nitrogens is 2. The molecule has 1 aromatic carbocycles. The largest absolute Gasteiger partial charge is 0.311 e. The molecule has 1 N–H and O–H groups in total. The molecule has 0 aliphatic heterocycles. The Morgan fingerprint density at radius 3 is 2.33 bits per heavy atom. The fourth-order valence-electron chi connectivity index (χ4n) is 2.34. The van der Waals surface area contributed by atoms with E-state index in [2.05, 4.69) is 49.4 Å². The second kappa shape index (κ2) is 5.36. The molecular weight excluding hydrogens is 222 g/mol. The molecule has 1 atom stereocenters. The SMILES string of the molecule is CNC(Cn1nccc1C)c1cc(C)cc(C)c1. The number of rotatable bonds is 4. The van der Waals surface area contributed by atoms with Gasteiger partial charge in [-0.05, 0) is 39.4 Å². The second-order valence-corrected chi connectivity index (χ2v) is 4.92. The maximum Gasteiger partial charge on any atom is 0.0607 e. The van der Waals surface area contributed by atoms with Gasteiger partial charge in [-0.2, -0.15) is 5.10 Å². The molecule has 2 aromatic rings. The summed E-state index contributed by atoms with van der Waals surface area (Å²) in [5.41, 5.74) is 5.13. The van der Waals surface area contributed by atoms with Crippen molar-refractivity contribution in [2.45, 2.75) is 33.4 Å². The number of benzene rings is 1. The molecule has 0 aliphatic rings. The van der Waals surface area contributed by atoms with Gasteiger partial charge in [0.25, 0.3) is 0 Å². The maximum absolute atomic E-state index is 4.35. The fourth-order valence-corrected chi connectivity index (χ4v) is 2.34. The van der Waals surface area contributed by atoms with Crippen LogP contribution in [0.3, 0.4) is 0 Å². The zero-order valence-electron chi connectivity index (χ0n) is 11.6. The third kappa shape index (κ3) is 2.79. The van der Waals surface area contributed by atoms with E-state index in [1.165, 1.54) is 22.4 Å². The Labute approximate surface area is 109 Å². The lowest BCUT2D eigenvalue weighted by Crippen LogP contribution is -2.23. The predicted molar refractivity (Wildman–Crippen MR) is 74.7 cm³/mol. The molecule has 0 fully saturated rings. The van der Waals surface area contributed by atoms with E-state index >= 15 is 0 Å². The van der Waals surface area contributed by atoms with Gasteiger partial charge >= 0.3 is 0 Å². The quantitative estimate of drug-likeness (QED) is 0.895. The Bertz CT molecular complexity index is 508. The number of hydrogen-bond donors (Lipinski definition) is 1. The van der Waals surface area contributed by atoms with E-state index in [4.69, 9.17) is 0 Å². The number of aryl methyl sites for hydroxylation is 3. The molecule has 1 heterocycles. The van der Waals surface area contributed by atoms with Gasteiger partial charge in [0.2, 0.25) is 0 Å². The Hall–Kier alpha value is -1.61. The van der Waals surface area contributed by atoms with E-state index in [-0.39, 0.29) is 0 Å². The van der Waals surface area contributed by atoms with E-state index in [1.807, 2.05) is 24.0 Å². The molecule has 0 amide bonds. The number of hydrogen-bond acceptors (Lipinski definition) is 2. The molecular formula is C15H21N3. The van der Waals surface area contributed by atoms with Crippen LogP contribution < -0.4 is 5.32 Å². The van der Waals surface area contributed by atoms with Crippen LogP contribution in [-0.4, -0.2) is 16.8 Å². The lowest BCUT2D eigenvalue weighted by molar-refractivity contribution is 0.461. The average Bonchev–Trinajstić information content (AvgIpc) is 2.70. The first-order valence-electron chi connectivity index (χ1n) is 6.34. The van der Waals surface area contributed by atoms with E-state index in [0.29, 0.717) is 6.04 Å². The highest BCUT2D eigenvalue weighted by Gasteiger charge is 2.12. The van der Waals surface area contributed by atoms with Crippen LogP contribution in [0.1, 0.15) is 28.4 Å². The Morgan fingerprint density at radius 1 is 1.17 bits per heavy atom. The molecule has 1 aromatic heterocycles. The normalized spacial score (nSPS) is 12.7. The van der Waals surface area contributed by atoms with E-state index < -0.39 is 0 Å². The van der Waals surface area contributed by atoms with Gasteiger partial charge in [0, 0.05) is 11.9 Å². The molecule has 0 saturated carbocycles. The average molecular weight is 243 g/mol. The smallest absolute Gasteiger partial charge is 0.0607 e. The van der Waals surface area contributed by atoms with Crippen LogP contribution in [-0.2, 0) is 6.54 Å². The highest BCUT2D eigenvalue weighted by atomic mass is 15.3. The molecule has 3 heteroatoms. The topological polar surface area (TPSA) is 29.9 Å². The highest BCUT2D eigenvalue weighted by molar-refractivity contribution is 5.30. The summed E-state index contributed by atoms with van der Waals surface area (Å²) in [7, 11) is 2.00. The molecule has 2 rings (SSSR count). The van der Waals surface area contributed by atoms with Crippen LogP contribution >= 0.6 is 0 Å². The van der Waals surface area contributed by atoms with Crippen LogP contribution in [0.25, 0.3) is 0 Å². The third-order valence-corrected chi connectivity index (χ3v) is 3.28. The first kappa shape index (κ1) is 12.8. The van der Waals surface area contributed by atoms with Gasteiger partial charge in [-0.1, -0.05) is 29.3 Å². The predicted octanol–water partition coefficient (Wildman–Crippen LogP) is 2.77. The van der Waals surface area contributed by atoms with Crippen molar-refractivity contribution >= 4 is 0 Å². The minimum absolute atomic E-state index is 0.294. The molecule has 96 valence electrons. The summed E-state index contributed by atoms with van der Waals surface area (Å²) in [6.45, 7) is 7.23. The Balaban J connectivity index is 2.25. The summed E-state index contributed by atoms with van der Waals surface area (Å²) in [6.07, 6.45) is 1.85. The highest BCUT2D eigenvalue weighted by Crippen LogP contribution is 2.18. The molecule has 0 saturated heterocycles.